The highest BCUT2D eigenvalue weighted by Gasteiger charge is 2.07. The Balaban J connectivity index is 4.54. The van der Waals surface area contributed by atoms with E-state index in [1.165, 1.54) is 25.7 Å². The average molecular weight is 254 g/mol. The summed E-state index contributed by atoms with van der Waals surface area (Å²) < 4.78 is 0. The Morgan fingerprint density at radius 1 is 1.00 bits per heavy atom. The van der Waals surface area contributed by atoms with E-state index in [1.807, 2.05) is 6.20 Å². The molecule has 0 atom stereocenters. The van der Waals surface area contributed by atoms with Crippen LogP contribution in [0.2, 0.25) is 0 Å². The van der Waals surface area contributed by atoms with Crippen molar-refractivity contribution in [2.24, 2.45) is 5.73 Å². The molecule has 0 aliphatic rings. The van der Waals surface area contributed by atoms with Crippen molar-refractivity contribution in [1.82, 2.24) is 4.90 Å². The van der Waals surface area contributed by atoms with Gasteiger partial charge in [0.05, 0.1) is 0 Å². The maximum Gasteiger partial charge on any atom is 0.246 e. The van der Waals surface area contributed by atoms with Gasteiger partial charge in [0.25, 0.3) is 0 Å². The van der Waals surface area contributed by atoms with Gasteiger partial charge in [0.15, 0.2) is 0 Å². The third-order valence-corrected chi connectivity index (χ3v) is 3.05. The molecule has 0 bridgehead atoms. The van der Waals surface area contributed by atoms with Crippen LogP contribution in [-0.2, 0) is 4.79 Å². The zero-order valence-electron chi connectivity index (χ0n) is 12.4. The van der Waals surface area contributed by atoms with E-state index in [4.69, 9.17) is 5.73 Å². The van der Waals surface area contributed by atoms with Crippen LogP contribution >= 0.6 is 0 Å². The number of nitrogens with zero attached hydrogens (tertiary/aromatic N) is 1. The van der Waals surface area contributed by atoms with Gasteiger partial charge >= 0.3 is 0 Å². The molecular weight excluding hydrogens is 224 g/mol. The largest absolute Gasteiger partial charge is 0.377 e. The molecule has 18 heavy (non-hydrogen) atoms. The molecule has 0 aliphatic carbocycles. The summed E-state index contributed by atoms with van der Waals surface area (Å²) in [7, 11) is 0. The molecule has 1 amide bonds. The molecule has 0 radical (unpaired) electrons. The predicted molar refractivity (Wildman–Crippen MR) is 78.2 cm³/mol. The molecule has 0 heterocycles. The van der Waals surface area contributed by atoms with Crippen molar-refractivity contribution in [2.75, 3.05) is 13.1 Å². The summed E-state index contributed by atoms with van der Waals surface area (Å²) in [6.07, 6.45) is 9.62. The zero-order valence-corrected chi connectivity index (χ0v) is 12.4. The van der Waals surface area contributed by atoms with E-state index in [9.17, 15) is 4.79 Å². The van der Waals surface area contributed by atoms with E-state index in [0.29, 0.717) is 0 Å². The molecule has 106 valence electrons. The minimum Gasteiger partial charge on any atom is -0.377 e. The Bertz CT molecular complexity index is 241. The zero-order chi connectivity index (χ0) is 13.8. The number of unbranched alkanes of at least 4 members (excludes halogenated alkanes) is 3. The van der Waals surface area contributed by atoms with Gasteiger partial charge in [0.2, 0.25) is 5.91 Å². The first-order chi connectivity index (χ1) is 8.65. The van der Waals surface area contributed by atoms with E-state index in [2.05, 4.69) is 25.7 Å². The van der Waals surface area contributed by atoms with E-state index in [1.54, 1.807) is 0 Å². The number of carbonyl (C=O) groups is 1. The van der Waals surface area contributed by atoms with Gasteiger partial charge in [-0.3, -0.25) is 4.79 Å². The summed E-state index contributed by atoms with van der Waals surface area (Å²) in [5, 5.41) is 0. The molecule has 0 aromatic rings. The smallest absolute Gasteiger partial charge is 0.246 e. The summed E-state index contributed by atoms with van der Waals surface area (Å²) in [6.45, 7) is 8.56. The van der Waals surface area contributed by atoms with E-state index >= 15 is 0 Å². The molecule has 0 saturated heterocycles. The van der Waals surface area contributed by atoms with Crippen LogP contribution in [0.25, 0.3) is 0 Å². The van der Waals surface area contributed by atoms with Crippen LogP contribution < -0.4 is 5.73 Å². The Morgan fingerprint density at radius 2 is 1.50 bits per heavy atom. The van der Waals surface area contributed by atoms with Gasteiger partial charge in [-0.2, -0.15) is 0 Å². The lowest BCUT2D eigenvalue weighted by atomic mass is 10.1. The monoisotopic (exact) mass is 254 g/mol. The van der Waals surface area contributed by atoms with E-state index in [0.717, 1.165) is 37.9 Å². The van der Waals surface area contributed by atoms with Gasteiger partial charge in [-0.1, -0.05) is 40.0 Å². The number of carbonyl (C=O) groups excluding carboxylic acids is 1. The van der Waals surface area contributed by atoms with Gasteiger partial charge in [-0.15, -0.1) is 0 Å². The van der Waals surface area contributed by atoms with Gasteiger partial charge in [0, 0.05) is 24.9 Å². The fourth-order valence-corrected chi connectivity index (χ4v) is 1.80. The fourth-order valence-electron chi connectivity index (χ4n) is 1.80. The van der Waals surface area contributed by atoms with Crippen molar-refractivity contribution in [3.8, 4) is 0 Å². The third kappa shape index (κ3) is 8.15. The van der Waals surface area contributed by atoms with E-state index in [-0.39, 0.29) is 5.91 Å². The number of primary amides is 1. The van der Waals surface area contributed by atoms with Gasteiger partial charge < -0.3 is 10.6 Å². The Labute approximate surface area is 112 Å². The summed E-state index contributed by atoms with van der Waals surface area (Å²) >= 11 is 0. The highest BCUT2D eigenvalue weighted by atomic mass is 16.1. The van der Waals surface area contributed by atoms with Gasteiger partial charge in [-0.25, -0.2) is 0 Å². The van der Waals surface area contributed by atoms with Crippen LogP contribution in [0.1, 0.15) is 65.7 Å². The number of hydrogen-bond acceptors (Lipinski definition) is 2. The Kier molecular flexibility index (Phi) is 10.5. The second kappa shape index (κ2) is 11.1. The van der Waals surface area contributed by atoms with Crippen LogP contribution in [0.3, 0.4) is 0 Å². The molecule has 2 N–H and O–H groups in total. The quantitative estimate of drug-likeness (QED) is 0.574. The van der Waals surface area contributed by atoms with Gasteiger partial charge in [0.1, 0.15) is 0 Å². The van der Waals surface area contributed by atoms with Crippen molar-refractivity contribution in [3.63, 3.8) is 0 Å². The van der Waals surface area contributed by atoms with Crippen molar-refractivity contribution in [3.05, 3.63) is 11.8 Å². The normalized spacial score (nSPS) is 11.6. The SMILES string of the molecule is CCCCC(=CN(CCCC)CCCC)C(N)=O. The lowest BCUT2D eigenvalue weighted by molar-refractivity contribution is -0.114. The minimum atomic E-state index is -0.263. The van der Waals surface area contributed by atoms with Crippen molar-refractivity contribution < 1.29 is 4.79 Å². The van der Waals surface area contributed by atoms with Gasteiger partial charge in [-0.05, 0) is 25.7 Å². The number of hydrogen-bond donors (Lipinski definition) is 1. The average Bonchev–Trinajstić information content (AvgIpc) is 2.36. The predicted octanol–water partition coefficient (Wildman–Crippen LogP) is 3.45. The highest BCUT2D eigenvalue weighted by Crippen LogP contribution is 2.10. The molecule has 0 spiro atoms. The maximum absolute atomic E-state index is 11.4. The maximum atomic E-state index is 11.4. The summed E-state index contributed by atoms with van der Waals surface area (Å²) in [5.74, 6) is -0.263. The van der Waals surface area contributed by atoms with Crippen LogP contribution in [0, 0.1) is 0 Å². The van der Waals surface area contributed by atoms with Crippen molar-refractivity contribution >= 4 is 5.91 Å². The second-order valence-corrected chi connectivity index (χ2v) is 4.87. The summed E-state index contributed by atoms with van der Waals surface area (Å²) in [4.78, 5) is 13.7. The molecule has 3 heteroatoms. The Morgan fingerprint density at radius 3 is 1.89 bits per heavy atom. The molecule has 3 nitrogen and oxygen atoms in total. The first-order valence-corrected chi connectivity index (χ1v) is 7.40. The van der Waals surface area contributed by atoms with Crippen molar-refractivity contribution in [1.29, 1.82) is 0 Å². The number of amides is 1. The Hall–Kier alpha value is -0.990. The van der Waals surface area contributed by atoms with Crippen LogP contribution in [-0.4, -0.2) is 23.9 Å². The first-order valence-electron chi connectivity index (χ1n) is 7.40. The molecule has 0 saturated carbocycles. The molecule has 0 rings (SSSR count). The lowest BCUT2D eigenvalue weighted by Crippen LogP contribution is -2.24. The molecule has 0 aliphatic heterocycles. The topological polar surface area (TPSA) is 46.3 Å². The third-order valence-electron chi connectivity index (χ3n) is 3.05. The summed E-state index contributed by atoms with van der Waals surface area (Å²) in [5.41, 5.74) is 6.23. The van der Waals surface area contributed by atoms with Crippen LogP contribution in [0.5, 0.6) is 0 Å². The molecule has 0 aromatic heterocycles. The molecule has 0 unspecified atom stereocenters. The molecule has 0 fully saturated rings. The fraction of sp³-hybridized carbons (Fsp3) is 0.800. The van der Waals surface area contributed by atoms with Crippen molar-refractivity contribution in [2.45, 2.75) is 65.7 Å². The van der Waals surface area contributed by atoms with Crippen LogP contribution in [0.15, 0.2) is 11.8 Å². The molecular formula is C15H30N2O. The highest BCUT2D eigenvalue weighted by molar-refractivity contribution is 5.91. The summed E-state index contributed by atoms with van der Waals surface area (Å²) in [6, 6.07) is 0. The standard InChI is InChI=1S/C15H30N2O/c1-4-7-10-14(15(16)18)13-17(11-8-5-2)12-9-6-3/h13H,4-12H2,1-3H3,(H2,16,18). The van der Waals surface area contributed by atoms with Crippen LogP contribution in [0.4, 0.5) is 0 Å². The number of rotatable bonds is 11. The minimum absolute atomic E-state index is 0.263. The second-order valence-electron chi connectivity index (χ2n) is 4.87. The first kappa shape index (κ1) is 17.0. The lowest BCUT2D eigenvalue weighted by Gasteiger charge is -2.21. The molecule has 0 aromatic carbocycles. The van der Waals surface area contributed by atoms with E-state index < -0.39 is 0 Å². The number of nitrogens with two attached hydrogens (primary N) is 1.